The number of nitrogens with one attached hydrogen (secondary N) is 1. The van der Waals surface area contributed by atoms with Crippen LogP contribution in [0.1, 0.15) is 27.9 Å². The molecule has 0 unspecified atom stereocenters. The number of carbonyl (C=O) groups is 1. The molecule has 1 N–H and O–H groups in total. The summed E-state index contributed by atoms with van der Waals surface area (Å²) in [5.74, 6) is 0. The van der Waals surface area contributed by atoms with Gasteiger partial charge in [-0.1, -0.05) is 15.9 Å². The average molecular weight is 266 g/mol. The molecule has 0 spiro atoms. The molecule has 6 heteroatoms. The number of pyridine rings is 1. The van der Waals surface area contributed by atoms with Gasteiger partial charge in [0.2, 0.25) is 0 Å². The number of halogens is 3. The number of rotatable bonds is 3. The second-order valence-electron chi connectivity index (χ2n) is 2.52. The van der Waals surface area contributed by atoms with Crippen molar-refractivity contribution < 1.29 is 13.6 Å². The van der Waals surface area contributed by atoms with E-state index in [0.717, 1.165) is 6.20 Å². The summed E-state index contributed by atoms with van der Waals surface area (Å²) in [5, 5.41) is 0.0664. The first-order chi connectivity index (χ1) is 6.61. The lowest BCUT2D eigenvalue weighted by Crippen LogP contribution is -2.16. The number of hydrogen-bond donors (Lipinski definition) is 1. The molecule has 1 aromatic heterocycles. The summed E-state index contributed by atoms with van der Waals surface area (Å²) in [4.78, 5) is 23.8. The molecule has 3 nitrogen and oxygen atoms in total. The third-order valence-corrected chi connectivity index (χ3v) is 2.32. The van der Waals surface area contributed by atoms with Crippen LogP contribution in [0, 0.1) is 0 Å². The zero-order valence-electron chi connectivity index (χ0n) is 6.89. The highest BCUT2D eigenvalue weighted by atomic mass is 79.9. The van der Waals surface area contributed by atoms with Crippen molar-refractivity contribution in [3.05, 3.63) is 33.2 Å². The van der Waals surface area contributed by atoms with Crippen molar-refractivity contribution in [2.24, 2.45) is 0 Å². The normalized spacial score (nSPS) is 10.6. The number of carbonyl (C=O) groups excluding carboxylic acids is 1. The van der Waals surface area contributed by atoms with Gasteiger partial charge in [-0.2, -0.15) is 0 Å². The van der Waals surface area contributed by atoms with Gasteiger partial charge in [-0.05, 0) is 0 Å². The van der Waals surface area contributed by atoms with Gasteiger partial charge in [-0.25, -0.2) is 8.78 Å². The van der Waals surface area contributed by atoms with Crippen LogP contribution in [0.25, 0.3) is 0 Å². The lowest BCUT2D eigenvalue weighted by atomic mass is 10.1. The summed E-state index contributed by atoms with van der Waals surface area (Å²) in [6.45, 7) is 0. The number of alkyl halides is 3. The molecule has 0 radical (unpaired) electrons. The van der Waals surface area contributed by atoms with Gasteiger partial charge in [0.25, 0.3) is 12.0 Å². The molecular formula is C8H6BrF2NO2. The average Bonchev–Trinajstić information content (AvgIpc) is 2.16. The maximum atomic E-state index is 12.4. The Morgan fingerprint density at radius 1 is 1.57 bits per heavy atom. The van der Waals surface area contributed by atoms with Crippen LogP contribution in [0.5, 0.6) is 0 Å². The second-order valence-corrected chi connectivity index (χ2v) is 3.08. The first-order valence-electron chi connectivity index (χ1n) is 3.65. The van der Waals surface area contributed by atoms with Crippen LogP contribution in [0.4, 0.5) is 8.78 Å². The minimum atomic E-state index is -2.77. The van der Waals surface area contributed by atoms with Crippen LogP contribution < -0.4 is 5.56 Å². The fourth-order valence-corrected chi connectivity index (χ4v) is 1.61. The maximum Gasteiger partial charge on any atom is 0.265 e. The van der Waals surface area contributed by atoms with Crippen LogP contribution in [0.2, 0.25) is 0 Å². The molecule has 0 bridgehead atoms. The Morgan fingerprint density at radius 2 is 2.21 bits per heavy atom. The Morgan fingerprint density at radius 3 is 2.64 bits per heavy atom. The zero-order chi connectivity index (χ0) is 10.7. The van der Waals surface area contributed by atoms with Gasteiger partial charge in [0.1, 0.15) is 0 Å². The monoisotopic (exact) mass is 265 g/mol. The van der Waals surface area contributed by atoms with Gasteiger partial charge in [-0.15, -0.1) is 0 Å². The number of H-pyrrole nitrogens is 1. The van der Waals surface area contributed by atoms with Gasteiger partial charge in [0, 0.05) is 28.2 Å². The predicted octanol–water partition coefficient (Wildman–Crippen LogP) is 2.02. The minimum Gasteiger partial charge on any atom is -0.328 e. The van der Waals surface area contributed by atoms with E-state index >= 15 is 0 Å². The molecule has 0 saturated heterocycles. The predicted molar refractivity (Wildman–Crippen MR) is 50.0 cm³/mol. The molecule has 0 aromatic carbocycles. The Kier molecular flexibility index (Phi) is 3.51. The first kappa shape index (κ1) is 11.0. The van der Waals surface area contributed by atoms with Crippen LogP contribution >= 0.6 is 15.9 Å². The fraction of sp³-hybridized carbons (Fsp3) is 0.250. The largest absolute Gasteiger partial charge is 0.328 e. The van der Waals surface area contributed by atoms with Gasteiger partial charge in [-0.3, -0.25) is 9.59 Å². The molecule has 1 aromatic rings. The van der Waals surface area contributed by atoms with Crippen molar-refractivity contribution in [1.82, 2.24) is 4.98 Å². The van der Waals surface area contributed by atoms with Crippen LogP contribution in [0.15, 0.2) is 11.0 Å². The summed E-state index contributed by atoms with van der Waals surface area (Å²) in [7, 11) is 0. The second kappa shape index (κ2) is 4.45. The zero-order valence-corrected chi connectivity index (χ0v) is 8.48. The Balaban J connectivity index is 3.48. The molecule has 0 atom stereocenters. The molecule has 0 saturated carbocycles. The van der Waals surface area contributed by atoms with Crippen LogP contribution in [0.3, 0.4) is 0 Å². The number of aromatic nitrogens is 1. The lowest BCUT2D eigenvalue weighted by Gasteiger charge is -2.05. The van der Waals surface area contributed by atoms with Gasteiger partial charge in [0.05, 0.1) is 0 Å². The van der Waals surface area contributed by atoms with Gasteiger partial charge >= 0.3 is 0 Å². The highest BCUT2D eigenvalue weighted by Crippen LogP contribution is 2.22. The molecule has 0 aliphatic rings. The van der Waals surface area contributed by atoms with Gasteiger partial charge in [0.15, 0.2) is 6.29 Å². The molecule has 1 heterocycles. The number of aldehydes is 1. The Labute approximate surface area is 86.3 Å². The molecule has 0 amide bonds. The van der Waals surface area contributed by atoms with Crippen molar-refractivity contribution in [3.8, 4) is 0 Å². The van der Waals surface area contributed by atoms with Crippen molar-refractivity contribution in [1.29, 1.82) is 0 Å². The molecule has 14 heavy (non-hydrogen) atoms. The Hall–Kier alpha value is -1.04. The Bertz CT molecular complexity index is 403. The maximum absolute atomic E-state index is 12.4. The number of hydrogen-bond acceptors (Lipinski definition) is 2. The van der Waals surface area contributed by atoms with Crippen molar-refractivity contribution in [2.45, 2.75) is 11.8 Å². The van der Waals surface area contributed by atoms with E-state index in [-0.39, 0.29) is 22.7 Å². The van der Waals surface area contributed by atoms with Gasteiger partial charge < -0.3 is 4.98 Å². The summed E-state index contributed by atoms with van der Waals surface area (Å²) in [6.07, 6.45) is -1.64. The third-order valence-electron chi connectivity index (χ3n) is 1.76. The van der Waals surface area contributed by atoms with E-state index in [1.54, 1.807) is 0 Å². The standard InChI is InChI=1S/C8H6BrF2NO2/c9-1-4-6(3-13)5(7(10)11)2-12-8(4)14/h2-3,7H,1H2,(H,12,14). The topological polar surface area (TPSA) is 49.9 Å². The van der Waals surface area contributed by atoms with E-state index in [1.165, 1.54) is 0 Å². The fourth-order valence-electron chi connectivity index (χ4n) is 1.06. The highest BCUT2D eigenvalue weighted by Gasteiger charge is 2.17. The smallest absolute Gasteiger partial charge is 0.265 e. The lowest BCUT2D eigenvalue weighted by molar-refractivity contribution is 0.110. The quantitative estimate of drug-likeness (QED) is 0.672. The summed E-state index contributed by atoms with van der Waals surface area (Å²) >= 11 is 2.96. The van der Waals surface area contributed by atoms with Crippen molar-refractivity contribution in [3.63, 3.8) is 0 Å². The van der Waals surface area contributed by atoms with Crippen LogP contribution in [-0.4, -0.2) is 11.3 Å². The van der Waals surface area contributed by atoms with Crippen LogP contribution in [-0.2, 0) is 5.33 Å². The van der Waals surface area contributed by atoms with Crippen molar-refractivity contribution in [2.75, 3.05) is 0 Å². The summed E-state index contributed by atoms with van der Waals surface area (Å²) in [6, 6.07) is 0. The van der Waals surface area contributed by atoms with E-state index in [4.69, 9.17) is 0 Å². The van der Waals surface area contributed by atoms with Crippen molar-refractivity contribution >= 4 is 22.2 Å². The molecular weight excluding hydrogens is 260 g/mol. The van der Waals surface area contributed by atoms with E-state index in [1.807, 2.05) is 0 Å². The first-order valence-corrected chi connectivity index (χ1v) is 4.77. The SMILES string of the molecule is O=Cc1c(C(F)F)c[nH]c(=O)c1CBr. The molecule has 0 fully saturated rings. The van der Waals surface area contributed by atoms with E-state index < -0.39 is 17.5 Å². The molecule has 1 rings (SSSR count). The molecule has 0 aliphatic carbocycles. The molecule has 0 aliphatic heterocycles. The number of aromatic amines is 1. The van der Waals surface area contributed by atoms with E-state index in [9.17, 15) is 18.4 Å². The minimum absolute atomic E-state index is 0.0257. The summed E-state index contributed by atoms with van der Waals surface area (Å²) in [5.41, 5.74) is -1.19. The third kappa shape index (κ3) is 1.89. The van der Waals surface area contributed by atoms with E-state index in [0.29, 0.717) is 0 Å². The summed E-state index contributed by atoms with van der Waals surface area (Å²) < 4.78 is 24.7. The van der Waals surface area contributed by atoms with E-state index in [2.05, 4.69) is 20.9 Å². The highest BCUT2D eigenvalue weighted by molar-refractivity contribution is 9.08. The molecule has 76 valence electrons.